The SMILES string of the molecule is C=CCO[C@H]1O[C@H](C(O)C(C)=O)[C@](O)(C(C)=O)[C@@](O)(C(C)=O)[C@H]1NC(C)=O. The van der Waals surface area contributed by atoms with Gasteiger partial charge in [-0.1, -0.05) is 6.08 Å². The second-order valence-corrected chi connectivity index (χ2v) is 6.43. The van der Waals surface area contributed by atoms with Gasteiger partial charge in [-0.15, -0.1) is 6.58 Å². The van der Waals surface area contributed by atoms with E-state index in [0.29, 0.717) is 0 Å². The van der Waals surface area contributed by atoms with Gasteiger partial charge >= 0.3 is 0 Å². The van der Waals surface area contributed by atoms with Crippen LogP contribution in [0.1, 0.15) is 27.7 Å². The van der Waals surface area contributed by atoms with Crippen molar-refractivity contribution in [2.24, 2.45) is 0 Å². The van der Waals surface area contributed by atoms with Gasteiger partial charge in [0.1, 0.15) is 18.2 Å². The molecule has 1 fully saturated rings. The lowest BCUT2D eigenvalue weighted by Gasteiger charge is -2.55. The Morgan fingerprint density at radius 2 is 1.67 bits per heavy atom. The molecule has 27 heavy (non-hydrogen) atoms. The number of hydrogen-bond acceptors (Lipinski definition) is 9. The van der Waals surface area contributed by atoms with E-state index in [4.69, 9.17) is 9.47 Å². The first-order valence-electron chi connectivity index (χ1n) is 8.16. The maximum atomic E-state index is 12.4. The Labute approximate surface area is 156 Å². The molecule has 1 saturated heterocycles. The van der Waals surface area contributed by atoms with Gasteiger partial charge in [-0.2, -0.15) is 0 Å². The van der Waals surface area contributed by atoms with Crippen molar-refractivity contribution in [3.63, 3.8) is 0 Å². The highest BCUT2D eigenvalue weighted by atomic mass is 16.7. The molecule has 0 aliphatic carbocycles. The van der Waals surface area contributed by atoms with Gasteiger partial charge in [-0.05, 0) is 20.8 Å². The number of ether oxygens (including phenoxy) is 2. The van der Waals surface area contributed by atoms with Crippen molar-refractivity contribution in [1.82, 2.24) is 5.32 Å². The fraction of sp³-hybridized carbons (Fsp3) is 0.647. The molecule has 1 heterocycles. The van der Waals surface area contributed by atoms with Gasteiger partial charge in [0, 0.05) is 6.92 Å². The monoisotopic (exact) mass is 387 g/mol. The Balaban J connectivity index is 3.71. The van der Waals surface area contributed by atoms with Gasteiger partial charge < -0.3 is 30.1 Å². The molecule has 0 spiro atoms. The summed E-state index contributed by atoms with van der Waals surface area (Å²) in [6.07, 6.45) is -4.36. The van der Waals surface area contributed by atoms with E-state index >= 15 is 0 Å². The second-order valence-electron chi connectivity index (χ2n) is 6.43. The first-order valence-corrected chi connectivity index (χ1v) is 8.16. The number of Topliss-reactive ketones (excluding diaryl/α,β-unsaturated/α-hetero) is 3. The van der Waals surface area contributed by atoms with Crippen LogP contribution in [-0.4, -0.2) is 80.9 Å². The molecule has 6 atom stereocenters. The summed E-state index contributed by atoms with van der Waals surface area (Å²) in [5.74, 6) is -3.85. The maximum absolute atomic E-state index is 12.4. The first kappa shape index (κ1) is 23.1. The molecular formula is C17H25NO9. The van der Waals surface area contributed by atoms with Crippen LogP contribution in [0.5, 0.6) is 0 Å². The summed E-state index contributed by atoms with van der Waals surface area (Å²) < 4.78 is 10.7. The van der Waals surface area contributed by atoms with Crippen LogP contribution in [0.25, 0.3) is 0 Å². The summed E-state index contributed by atoms with van der Waals surface area (Å²) in [6.45, 7) is 7.07. The molecule has 0 aromatic carbocycles. The maximum Gasteiger partial charge on any atom is 0.217 e. The lowest BCUT2D eigenvalue weighted by Crippen LogP contribution is -2.83. The number of amides is 1. The quantitative estimate of drug-likeness (QED) is 0.346. The number of rotatable bonds is 8. The Bertz CT molecular complexity index is 648. The van der Waals surface area contributed by atoms with Crippen LogP contribution in [0.15, 0.2) is 12.7 Å². The molecular weight excluding hydrogens is 362 g/mol. The van der Waals surface area contributed by atoms with E-state index in [1.165, 1.54) is 6.08 Å². The highest BCUT2D eigenvalue weighted by Crippen LogP contribution is 2.41. The summed E-state index contributed by atoms with van der Waals surface area (Å²) >= 11 is 0. The van der Waals surface area contributed by atoms with Crippen LogP contribution >= 0.6 is 0 Å². The average molecular weight is 387 g/mol. The molecule has 1 aliphatic rings. The van der Waals surface area contributed by atoms with Crippen LogP contribution in [-0.2, 0) is 28.7 Å². The van der Waals surface area contributed by atoms with E-state index in [2.05, 4.69) is 11.9 Å². The van der Waals surface area contributed by atoms with Crippen molar-refractivity contribution in [2.75, 3.05) is 6.61 Å². The summed E-state index contributed by atoms with van der Waals surface area (Å²) in [6, 6.07) is -1.71. The molecule has 152 valence electrons. The van der Waals surface area contributed by atoms with Crippen LogP contribution in [0.2, 0.25) is 0 Å². The van der Waals surface area contributed by atoms with E-state index in [9.17, 15) is 34.5 Å². The second kappa shape index (κ2) is 8.36. The number of nitrogens with one attached hydrogen (secondary N) is 1. The minimum Gasteiger partial charge on any atom is -0.382 e. The Morgan fingerprint density at radius 1 is 1.15 bits per heavy atom. The molecule has 0 aromatic heterocycles. The molecule has 0 saturated carbocycles. The normalized spacial score (nSPS) is 34.4. The molecule has 4 N–H and O–H groups in total. The van der Waals surface area contributed by atoms with Crippen molar-refractivity contribution in [3.8, 4) is 0 Å². The van der Waals surface area contributed by atoms with Crippen LogP contribution in [0.4, 0.5) is 0 Å². The zero-order valence-electron chi connectivity index (χ0n) is 15.6. The zero-order valence-corrected chi connectivity index (χ0v) is 15.6. The van der Waals surface area contributed by atoms with Gasteiger partial charge in [0.15, 0.2) is 34.8 Å². The summed E-state index contributed by atoms with van der Waals surface area (Å²) in [5.41, 5.74) is -5.99. The van der Waals surface area contributed by atoms with E-state index in [1.54, 1.807) is 0 Å². The zero-order chi connectivity index (χ0) is 21.2. The third-order valence-corrected chi connectivity index (χ3v) is 4.51. The van der Waals surface area contributed by atoms with Crippen molar-refractivity contribution in [3.05, 3.63) is 12.7 Å². The third-order valence-electron chi connectivity index (χ3n) is 4.51. The number of ketones is 3. The number of carbonyl (C=O) groups excluding carboxylic acids is 4. The molecule has 1 unspecified atom stereocenters. The lowest BCUT2D eigenvalue weighted by molar-refractivity contribution is -0.321. The van der Waals surface area contributed by atoms with Gasteiger partial charge in [0.2, 0.25) is 5.91 Å². The summed E-state index contributed by atoms with van der Waals surface area (Å²) in [5, 5.41) is 34.7. The topological polar surface area (TPSA) is 159 Å². The van der Waals surface area contributed by atoms with Crippen molar-refractivity contribution >= 4 is 23.3 Å². The Morgan fingerprint density at radius 3 is 2.04 bits per heavy atom. The van der Waals surface area contributed by atoms with E-state index < -0.39 is 59.0 Å². The van der Waals surface area contributed by atoms with Gasteiger partial charge in [0.05, 0.1) is 6.61 Å². The van der Waals surface area contributed by atoms with Gasteiger partial charge in [-0.3, -0.25) is 19.2 Å². The van der Waals surface area contributed by atoms with Crippen LogP contribution in [0.3, 0.4) is 0 Å². The molecule has 1 rings (SSSR count). The van der Waals surface area contributed by atoms with Crippen molar-refractivity contribution in [2.45, 2.75) is 63.4 Å². The molecule has 0 aromatic rings. The molecule has 10 heteroatoms. The molecule has 1 amide bonds. The summed E-state index contributed by atoms with van der Waals surface area (Å²) in [4.78, 5) is 48.0. The first-order chi connectivity index (χ1) is 12.3. The minimum atomic E-state index is -3.04. The molecule has 10 nitrogen and oxygen atoms in total. The van der Waals surface area contributed by atoms with Gasteiger partial charge in [0.25, 0.3) is 0 Å². The molecule has 1 aliphatic heterocycles. The van der Waals surface area contributed by atoms with Gasteiger partial charge in [-0.25, -0.2) is 0 Å². The average Bonchev–Trinajstić information content (AvgIpc) is 2.56. The number of aliphatic hydroxyl groups excluding tert-OH is 1. The molecule has 0 radical (unpaired) electrons. The van der Waals surface area contributed by atoms with E-state index in [1.807, 2.05) is 0 Å². The minimum absolute atomic E-state index is 0.157. The van der Waals surface area contributed by atoms with Crippen LogP contribution < -0.4 is 5.32 Å². The fourth-order valence-corrected chi connectivity index (χ4v) is 3.13. The fourth-order valence-electron chi connectivity index (χ4n) is 3.13. The lowest BCUT2D eigenvalue weighted by atomic mass is 9.66. The highest BCUT2D eigenvalue weighted by molar-refractivity contribution is 6.00. The van der Waals surface area contributed by atoms with Crippen molar-refractivity contribution < 1.29 is 44.0 Å². The van der Waals surface area contributed by atoms with E-state index in [-0.39, 0.29) is 6.61 Å². The highest BCUT2D eigenvalue weighted by Gasteiger charge is 2.72. The predicted molar refractivity (Wildman–Crippen MR) is 90.4 cm³/mol. The Kier molecular flexibility index (Phi) is 7.14. The number of carbonyl (C=O) groups is 4. The van der Waals surface area contributed by atoms with Crippen LogP contribution in [0, 0.1) is 0 Å². The number of aliphatic hydroxyl groups is 3. The third kappa shape index (κ3) is 3.85. The standard InChI is InChI=1S/C17H25NO9/c1-6-7-26-15-13(18-11(5)22)16(24,9(3)20)17(25,10(4)21)14(27-15)12(23)8(2)19/h6,12-15,23-25H,1,7H2,2-5H3,(H,18,22)/t12?,13-,14+,15-,16+,17+/m0/s1. The molecule has 0 bridgehead atoms. The number of hydrogen-bond donors (Lipinski definition) is 4. The predicted octanol–water partition coefficient (Wildman–Crippen LogP) is -1.99. The summed E-state index contributed by atoms with van der Waals surface area (Å²) in [7, 11) is 0. The van der Waals surface area contributed by atoms with Crippen molar-refractivity contribution in [1.29, 1.82) is 0 Å². The largest absolute Gasteiger partial charge is 0.382 e. The Hall–Kier alpha value is -1.98. The van der Waals surface area contributed by atoms with E-state index in [0.717, 1.165) is 27.7 Å². The smallest absolute Gasteiger partial charge is 0.217 e.